The van der Waals surface area contributed by atoms with Crippen LogP contribution < -0.4 is 0 Å². The van der Waals surface area contributed by atoms with Gasteiger partial charge in [-0.05, 0) is 41.6 Å². The SMILES string of the molecule is CC(C)C1(C(C)(C)C)CCc2c(cnn2CCC(=O)O)C1. The summed E-state index contributed by atoms with van der Waals surface area (Å²) in [6, 6.07) is 0. The smallest absolute Gasteiger partial charge is 0.305 e. The lowest BCUT2D eigenvalue weighted by molar-refractivity contribution is -0.137. The highest BCUT2D eigenvalue weighted by atomic mass is 16.4. The summed E-state index contributed by atoms with van der Waals surface area (Å²) < 4.78 is 1.90. The maximum absolute atomic E-state index is 10.7. The maximum Gasteiger partial charge on any atom is 0.305 e. The first-order valence-corrected chi connectivity index (χ1v) is 7.93. The quantitative estimate of drug-likeness (QED) is 0.923. The lowest BCUT2D eigenvalue weighted by Gasteiger charge is -2.50. The molecule has 1 aromatic rings. The Kier molecular flexibility index (Phi) is 4.18. The first kappa shape index (κ1) is 16.1. The van der Waals surface area contributed by atoms with Crippen molar-refractivity contribution in [1.29, 1.82) is 0 Å². The van der Waals surface area contributed by atoms with Crippen molar-refractivity contribution in [1.82, 2.24) is 9.78 Å². The second-order valence-corrected chi connectivity index (χ2v) is 7.72. The number of aromatic nitrogens is 2. The van der Waals surface area contributed by atoms with Gasteiger partial charge in [0.2, 0.25) is 0 Å². The van der Waals surface area contributed by atoms with E-state index in [1.54, 1.807) is 0 Å². The van der Waals surface area contributed by atoms with Crippen molar-refractivity contribution in [2.75, 3.05) is 0 Å². The molecule has 0 fully saturated rings. The fraction of sp³-hybridized carbons (Fsp3) is 0.765. The molecule has 1 aromatic heterocycles. The molecule has 0 spiro atoms. The van der Waals surface area contributed by atoms with Crippen LogP contribution in [0.15, 0.2) is 6.20 Å². The second-order valence-electron chi connectivity index (χ2n) is 7.72. The van der Waals surface area contributed by atoms with Crippen LogP contribution >= 0.6 is 0 Å². The highest BCUT2D eigenvalue weighted by Gasteiger charge is 2.46. The van der Waals surface area contributed by atoms with E-state index in [0.717, 1.165) is 19.3 Å². The topological polar surface area (TPSA) is 55.1 Å². The summed E-state index contributed by atoms with van der Waals surface area (Å²) in [6.45, 7) is 12.2. The van der Waals surface area contributed by atoms with Crippen molar-refractivity contribution in [2.24, 2.45) is 16.7 Å². The predicted molar refractivity (Wildman–Crippen MR) is 83.2 cm³/mol. The summed E-state index contributed by atoms with van der Waals surface area (Å²) in [4.78, 5) is 10.7. The first-order chi connectivity index (χ1) is 9.67. The van der Waals surface area contributed by atoms with Gasteiger partial charge in [0.25, 0.3) is 0 Å². The summed E-state index contributed by atoms with van der Waals surface area (Å²) in [5, 5.41) is 13.3. The van der Waals surface area contributed by atoms with Gasteiger partial charge in [-0.2, -0.15) is 5.10 Å². The Balaban J connectivity index is 2.27. The zero-order valence-electron chi connectivity index (χ0n) is 13.9. The molecule has 118 valence electrons. The molecule has 0 saturated heterocycles. The van der Waals surface area contributed by atoms with Gasteiger partial charge in [0.05, 0.1) is 19.2 Å². The fourth-order valence-electron chi connectivity index (χ4n) is 4.05. The van der Waals surface area contributed by atoms with E-state index < -0.39 is 5.97 Å². The predicted octanol–water partition coefficient (Wildman–Crippen LogP) is 3.54. The Bertz CT molecular complexity index is 525. The van der Waals surface area contributed by atoms with E-state index in [1.165, 1.54) is 11.3 Å². The van der Waals surface area contributed by atoms with Crippen LogP contribution in [0.4, 0.5) is 0 Å². The van der Waals surface area contributed by atoms with Crippen molar-refractivity contribution >= 4 is 5.97 Å². The number of hydrogen-bond donors (Lipinski definition) is 1. The lowest BCUT2D eigenvalue weighted by Crippen LogP contribution is -2.45. The molecule has 1 heterocycles. The van der Waals surface area contributed by atoms with Gasteiger partial charge in [-0.1, -0.05) is 34.6 Å². The summed E-state index contributed by atoms with van der Waals surface area (Å²) in [5.74, 6) is -0.144. The van der Waals surface area contributed by atoms with Crippen molar-refractivity contribution in [3.63, 3.8) is 0 Å². The Morgan fingerprint density at radius 3 is 2.67 bits per heavy atom. The standard InChI is InChI=1S/C17H28N2O2/c1-12(2)17(16(3,4)5)8-6-14-13(10-17)11-18-19(14)9-7-15(20)21/h11-12H,6-10H2,1-5H3,(H,20,21). The van der Waals surface area contributed by atoms with E-state index in [4.69, 9.17) is 5.11 Å². The molecule has 1 N–H and O–H groups in total. The van der Waals surface area contributed by atoms with Gasteiger partial charge in [-0.25, -0.2) is 0 Å². The molecule has 0 aliphatic heterocycles. The summed E-state index contributed by atoms with van der Waals surface area (Å²) >= 11 is 0. The molecule has 1 atom stereocenters. The molecular weight excluding hydrogens is 264 g/mol. The van der Waals surface area contributed by atoms with Crippen LogP contribution in [0.1, 0.15) is 58.7 Å². The van der Waals surface area contributed by atoms with Gasteiger partial charge in [0.1, 0.15) is 0 Å². The number of carbonyl (C=O) groups is 1. The summed E-state index contributed by atoms with van der Waals surface area (Å²) in [5.41, 5.74) is 3.11. The third-order valence-electron chi connectivity index (χ3n) is 5.49. The second kappa shape index (κ2) is 5.47. The van der Waals surface area contributed by atoms with Crippen LogP contribution in [0.2, 0.25) is 0 Å². The largest absolute Gasteiger partial charge is 0.481 e. The number of aryl methyl sites for hydroxylation is 1. The monoisotopic (exact) mass is 292 g/mol. The lowest BCUT2D eigenvalue weighted by atomic mass is 9.54. The molecule has 4 heteroatoms. The van der Waals surface area contributed by atoms with E-state index in [1.807, 2.05) is 10.9 Å². The summed E-state index contributed by atoms with van der Waals surface area (Å²) in [7, 11) is 0. The number of carboxylic acids is 1. The number of aliphatic carboxylic acids is 1. The Morgan fingerprint density at radius 1 is 1.48 bits per heavy atom. The van der Waals surface area contributed by atoms with Gasteiger partial charge in [-0.3, -0.25) is 9.48 Å². The Hall–Kier alpha value is -1.32. The molecule has 4 nitrogen and oxygen atoms in total. The number of hydrogen-bond acceptors (Lipinski definition) is 2. The minimum atomic E-state index is -0.763. The van der Waals surface area contributed by atoms with Gasteiger partial charge >= 0.3 is 5.97 Å². The zero-order chi connectivity index (χ0) is 15.8. The number of nitrogens with zero attached hydrogens (tertiary/aromatic N) is 2. The van der Waals surface area contributed by atoms with Crippen molar-refractivity contribution in [3.8, 4) is 0 Å². The van der Waals surface area contributed by atoms with Crippen molar-refractivity contribution in [3.05, 3.63) is 17.5 Å². The first-order valence-electron chi connectivity index (χ1n) is 7.93. The van der Waals surface area contributed by atoms with E-state index in [9.17, 15) is 4.79 Å². The number of fused-ring (bicyclic) bond motifs is 1. The molecule has 0 bridgehead atoms. The van der Waals surface area contributed by atoms with E-state index >= 15 is 0 Å². The van der Waals surface area contributed by atoms with E-state index in [0.29, 0.717) is 17.9 Å². The average Bonchev–Trinajstić information content (AvgIpc) is 2.76. The van der Waals surface area contributed by atoms with Crippen LogP contribution in [-0.2, 0) is 24.2 Å². The molecular formula is C17H28N2O2. The Morgan fingerprint density at radius 2 is 2.14 bits per heavy atom. The van der Waals surface area contributed by atoms with E-state index in [2.05, 4.69) is 39.7 Å². The highest BCUT2D eigenvalue weighted by Crippen LogP contribution is 2.53. The summed E-state index contributed by atoms with van der Waals surface area (Å²) in [6.07, 6.45) is 5.31. The zero-order valence-corrected chi connectivity index (χ0v) is 13.9. The minimum absolute atomic E-state index is 0.142. The average molecular weight is 292 g/mol. The van der Waals surface area contributed by atoms with Crippen LogP contribution in [0.5, 0.6) is 0 Å². The molecule has 1 aliphatic carbocycles. The highest BCUT2D eigenvalue weighted by molar-refractivity contribution is 5.66. The molecule has 2 rings (SSSR count). The normalized spacial score (nSPS) is 22.4. The van der Waals surface area contributed by atoms with Gasteiger partial charge < -0.3 is 5.11 Å². The molecule has 0 radical (unpaired) electrons. The molecule has 1 unspecified atom stereocenters. The van der Waals surface area contributed by atoms with Gasteiger partial charge in [0.15, 0.2) is 0 Å². The molecule has 1 aliphatic rings. The van der Waals surface area contributed by atoms with Gasteiger partial charge in [-0.15, -0.1) is 0 Å². The number of carboxylic acid groups (broad SMARTS) is 1. The molecule has 0 aromatic carbocycles. The van der Waals surface area contributed by atoms with Gasteiger partial charge in [0, 0.05) is 5.69 Å². The third-order valence-corrected chi connectivity index (χ3v) is 5.49. The maximum atomic E-state index is 10.7. The van der Waals surface area contributed by atoms with Crippen molar-refractivity contribution < 1.29 is 9.90 Å². The molecule has 0 amide bonds. The van der Waals surface area contributed by atoms with Crippen molar-refractivity contribution in [2.45, 2.75) is 66.8 Å². The third kappa shape index (κ3) is 2.85. The van der Waals surface area contributed by atoms with E-state index in [-0.39, 0.29) is 11.8 Å². The van der Waals surface area contributed by atoms with Crippen LogP contribution in [0.25, 0.3) is 0 Å². The van der Waals surface area contributed by atoms with Crippen LogP contribution in [-0.4, -0.2) is 20.9 Å². The Labute approximate surface area is 127 Å². The van der Waals surface area contributed by atoms with Crippen LogP contribution in [0, 0.1) is 16.7 Å². The minimum Gasteiger partial charge on any atom is -0.481 e. The fourth-order valence-corrected chi connectivity index (χ4v) is 4.05. The molecule has 0 saturated carbocycles. The van der Waals surface area contributed by atoms with Crippen LogP contribution in [0.3, 0.4) is 0 Å². The molecule has 21 heavy (non-hydrogen) atoms. The number of rotatable bonds is 4.